The van der Waals surface area contributed by atoms with Crippen molar-refractivity contribution in [3.63, 3.8) is 0 Å². The molecule has 0 fully saturated rings. The maximum atomic E-state index is 11.3. The summed E-state index contributed by atoms with van der Waals surface area (Å²) < 4.78 is 46.4. The Bertz CT molecular complexity index is 384. The molecule has 2 N–H and O–H groups in total. The van der Waals surface area contributed by atoms with Crippen molar-refractivity contribution in [2.24, 2.45) is 5.92 Å². The van der Waals surface area contributed by atoms with Crippen LogP contribution in [0.15, 0.2) is 0 Å². The predicted molar refractivity (Wildman–Crippen MR) is 57.5 cm³/mol. The van der Waals surface area contributed by atoms with E-state index in [0.717, 1.165) is 6.26 Å². The molecule has 0 heterocycles. The molecule has 6 nitrogen and oxygen atoms in total. The molecule has 0 aromatic carbocycles. The van der Waals surface area contributed by atoms with Crippen LogP contribution >= 0.6 is 0 Å². The summed E-state index contributed by atoms with van der Waals surface area (Å²) in [5, 5.41) is 7.93. The lowest BCUT2D eigenvalue weighted by Gasteiger charge is -2.19. The lowest BCUT2D eigenvalue weighted by Crippen LogP contribution is -2.43. The SMILES string of the molecule is CC(C)[C@@H](CO)NS(=O)(=O)CS(C)(=O)=O. The first-order valence-corrected chi connectivity index (χ1v) is 8.07. The number of sulfone groups is 1. The van der Waals surface area contributed by atoms with Gasteiger partial charge in [-0.2, -0.15) is 0 Å². The molecule has 0 aromatic rings. The zero-order chi connectivity index (χ0) is 12.3. The molecular weight excluding hydrogens is 242 g/mol. The second kappa shape index (κ2) is 5.24. The van der Waals surface area contributed by atoms with Crippen LogP contribution in [-0.4, -0.2) is 45.9 Å². The molecule has 0 saturated heterocycles. The van der Waals surface area contributed by atoms with Gasteiger partial charge in [0.25, 0.3) is 0 Å². The van der Waals surface area contributed by atoms with Crippen LogP contribution in [0, 0.1) is 5.92 Å². The Balaban J connectivity index is 4.65. The van der Waals surface area contributed by atoms with E-state index in [2.05, 4.69) is 4.72 Å². The van der Waals surface area contributed by atoms with Crippen molar-refractivity contribution in [2.75, 3.05) is 17.9 Å². The molecule has 15 heavy (non-hydrogen) atoms. The van der Waals surface area contributed by atoms with Gasteiger partial charge >= 0.3 is 0 Å². The van der Waals surface area contributed by atoms with E-state index in [4.69, 9.17) is 5.11 Å². The molecule has 8 heteroatoms. The number of hydrogen-bond donors (Lipinski definition) is 2. The monoisotopic (exact) mass is 259 g/mol. The van der Waals surface area contributed by atoms with Crippen LogP contribution in [0.25, 0.3) is 0 Å². The summed E-state index contributed by atoms with van der Waals surface area (Å²) in [5.41, 5.74) is 0. The van der Waals surface area contributed by atoms with Crippen LogP contribution in [0.5, 0.6) is 0 Å². The van der Waals surface area contributed by atoms with Gasteiger partial charge in [0.15, 0.2) is 14.9 Å². The van der Waals surface area contributed by atoms with Gasteiger partial charge < -0.3 is 5.11 Å². The highest BCUT2D eigenvalue weighted by molar-refractivity contribution is 8.06. The van der Waals surface area contributed by atoms with Gasteiger partial charge in [0.05, 0.1) is 6.61 Å². The van der Waals surface area contributed by atoms with E-state index in [1.807, 2.05) is 0 Å². The molecule has 0 aromatic heterocycles. The van der Waals surface area contributed by atoms with Crippen molar-refractivity contribution < 1.29 is 21.9 Å². The topological polar surface area (TPSA) is 101 Å². The molecule has 0 radical (unpaired) electrons. The maximum absolute atomic E-state index is 11.3. The van der Waals surface area contributed by atoms with Gasteiger partial charge in [0, 0.05) is 12.3 Å². The number of hydrogen-bond acceptors (Lipinski definition) is 5. The van der Waals surface area contributed by atoms with E-state index in [9.17, 15) is 16.8 Å². The van der Waals surface area contributed by atoms with Gasteiger partial charge in [-0.15, -0.1) is 0 Å². The van der Waals surface area contributed by atoms with E-state index in [1.54, 1.807) is 13.8 Å². The molecule has 0 bridgehead atoms. The molecule has 0 amide bonds. The Morgan fingerprint density at radius 3 is 1.93 bits per heavy atom. The van der Waals surface area contributed by atoms with Gasteiger partial charge in [-0.3, -0.25) is 0 Å². The van der Waals surface area contributed by atoms with E-state index in [0.29, 0.717) is 0 Å². The van der Waals surface area contributed by atoms with Gasteiger partial charge in [-0.1, -0.05) is 13.8 Å². The first-order chi connectivity index (χ1) is 6.57. The average molecular weight is 259 g/mol. The molecule has 0 saturated carbocycles. The Kier molecular flexibility index (Phi) is 5.18. The number of aliphatic hydroxyl groups is 1. The second-order valence-electron chi connectivity index (χ2n) is 3.81. The lowest BCUT2D eigenvalue weighted by atomic mass is 10.1. The van der Waals surface area contributed by atoms with Gasteiger partial charge in [-0.25, -0.2) is 21.6 Å². The van der Waals surface area contributed by atoms with E-state index in [1.165, 1.54) is 0 Å². The summed E-state index contributed by atoms with van der Waals surface area (Å²) in [6.07, 6.45) is 0.843. The van der Waals surface area contributed by atoms with Crippen molar-refractivity contribution in [3.8, 4) is 0 Å². The van der Waals surface area contributed by atoms with E-state index >= 15 is 0 Å². The highest BCUT2D eigenvalue weighted by Gasteiger charge is 2.23. The third-order valence-corrected chi connectivity index (χ3v) is 5.32. The van der Waals surface area contributed by atoms with Crippen LogP contribution in [0.1, 0.15) is 13.8 Å². The molecule has 0 aliphatic carbocycles. The van der Waals surface area contributed by atoms with Crippen molar-refractivity contribution >= 4 is 19.9 Å². The predicted octanol–water partition coefficient (Wildman–Crippen LogP) is -1.08. The Morgan fingerprint density at radius 1 is 1.20 bits per heavy atom. The minimum absolute atomic E-state index is 0.107. The fourth-order valence-electron chi connectivity index (χ4n) is 0.931. The molecule has 0 aliphatic heterocycles. The number of nitrogens with one attached hydrogen (secondary N) is 1. The van der Waals surface area contributed by atoms with Gasteiger partial charge in [-0.05, 0) is 5.92 Å². The summed E-state index contributed by atoms with van der Waals surface area (Å²) in [6, 6.07) is -0.656. The molecule has 0 spiro atoms. The van der Waals surface area contributed by atoms with Gasteiger partial charge in [0.2, 0.25) is 10.0 Å². The molecule has 0 aliphatic rings. The molecule has 0 unspecified atom stereocenters. The summed E-state index contributed by atoms with van der Waals surface area (Å²) in [4.78, 5) is 0. The molecule has 92 valence electrons. The number of rotatable bonds is 6. The number of sulfonamides is 1. The summed E-state index contributed by atoms with van der Waals surface area (Å²) in [6.45, 7) is 3.09. The maximum Gasteiger partial charge on any atom is 0.226 e. The Labute approximate surface area is 90.7 Å². The fourth-order valence-corrected chi connectivity index (χ4v) is 4.27. The quantitative estimate of drug-likeness (QED) is 0.632. The number of aliphatic hydroxyl groups excluding tert-OH is 1. The minimum Gasteiger partial charge on any atom is -0.395 e. The van der Waals surface area contributed by atoms with Gasteiger partial charge in [0.1, 0.15) is 0 Å². The van der Waals surface area contributed by atoms with E-state index < -0.39 is 31.0 Å². The van der Waals surface area contributed by atoms with Crippen molar-refractivity contribution in [1.82, 2.24) is 4.72 Å². The van der Waals surface area contributed by atoms with Crippen molar-refractivity contribution in [3.05, 3.63) is 0 Å². The fraction of sp³-hybridized carbons (Fsp3) is 1.00. The van der Waals surface area contributed by atoms with Crippen molar-refractivity contribution in [2.45, 2.75) is 19.9 Å². The third-order valence-electron chi connectivity index (χ3n) is 1.70. The normalized spacial score (nSPS) is 15.5. The summed E-state index contributed by atoms with van der Waals surface area (Å²) >= 11 is 0. The van der Waals surface area contributed by atoms with E-state index in [-0.39, 0.29) is 12.5 Å². The molecule has 0 rings (SSSR count). The van der Waals surface area contributed by atoms with Crippen molar-refractivity contribution in [1.29, 1.82) is 0 Å². The smallest absolute Gasteiger partial charge is 0.226 e. The average Bonchev–Trinajstić information content (AvgIpc) is 1.94. The zero-order valence-corrected chi connectivity index (χ0v) is 10.6. The van der Waals surface area contributed by atoms with Crippen LogP contribution in [0.4, 0.5) is 0 Å². The molecular formula is C7H17NO5S2. The van der Waals surface area contributed by atoms with Crippen LogP contribution in [0.2, 0.25) is 0 Å². The highest BCUT2D eigenvalue weighted by atomic mass is 32.3. The largest absolute Gasteiger partial charge is 0.395 e. The Morgan fingerprint density at radius 2 is 1.67 bits per heavy atom. The highest BCUT2D eigenvalue weighted by Crippen LogP contribution is 2.03. The van der Waals surface area contributed by atoms with Crippen LogP contribution < -0.4 is 4.72 Å². The lowest BCUT2D eigenvalue weighted by molar-refractivity contribution is 0.228. The van der Waals surface area contributed by atoms with Crippen LogP contribution in [-0.2, 0) is 19.9 Å². The molecule has 1 atom stereocenters. The van der Waals surface area contributed by atoms with Crippen LogP contribution in [0.3, 0.4) is 0 Å². The second-order valence-corrected chi connectivity index (χ2v) is 8.07. The summed E-state index contributed by atoms with van der Waals surface area (Å²) in [5.74, 6) is -0.107. The third kappa shape index (κ3) is 6.82. The zero-order valence-electron chi connectivity index (χ0n) is 8.97. The standard InChI is InChI=1S/C7H17NO5S2/c1-6(2)7(4-9)8-15(12,13)5-14(3,10)11/h6-9H,4-5H2,1-3H3/t7-/m1/s1. The summed E-state index contributed by atoms with van der Waals surface area (Å²) in [7, 11) is -7.49. The minimum atomic E-state index is -3.89. The first kappa shape index (κ1) is 14.8. The first-order valence-electron chi connectivity index (χ1n) is 4.36. The Hall–Kier alpha value is -0.180.